The van der Waals surface area contributed by atoms with Crippen LogP contribution < -0.4 is 10.1 Å². The second kappa shape index (κ2) is 5.20. The van der Waals surface area contributed by atoms with Crippen molar-refractivity contribution in [2.45, 2.75) is 13.5 Å². The van der Waals surface area contributed by atoms with Crippen LogP contribution in [-0.2, 0) is 6.54 Å². The summed E-state index contributed by atoms with van der Waals surface area (Å²) in [7, 11) is 3.51. The molecule has 0 fully saturated rings. The Balaban J connectivity index is 2.35. The monoisotopic (exact) mass is 250 g/mol. The van der Waals surface area contributed by atoms with Crippen molar-refractivity contribution in [2.75, 3.05) is 14.2 Å². The third-order valence-corrected chi connectivity index (χ3v) is 3.48. The first-order valence-electron chi connectivity index (χ1n) is 5.22. The molecule has 90 valence electrons. The molecule has 0 aliphatic heterocycles. The van der Waals surface area contributed by atoms with Crippen LogP contribution in [0.5, 0.6) is 5.88 Å². The van der Waals surface area contributed by atoms with Crippen LogP contribution in [-0.4, -0.2) is 29.1 Å². The summed E-state index contributed by atoms with van der Waals surface area (Å²) < 4.78 is 5.07. The van der Waals surface area contributed by atoms with Gasteiger partial charge in [0.25, 0.3) is 0 Å². The number of hydrogen-bond acceptors (Lipinski definition) is 6. The minimum Gasteiger partial charge on any atom is -0.481 e. The molecular weight excluding hydrogens is 236 g/mol. The Hall–Kier alpha value is -1.53. The highest BCUT2D eigenvalue weighted by Crippen LogP contribution is 2.27. The summed E-state index contributed by atoms with van der Waals surface area (Å²) in [5.74, 6) is 0.554. The number of nitrogens with zero attached hydrogens (tertiary/aromatic N) is 3. The lowest BCUT2D eigenvalue weighted by molar-refractivity contribution is 0.397. The third-order valence-electron chi connectivity index (χ3n) is 2.30. The molecule has 0 aliphatic rings. The van der Waals surface area contributed by atoms with Gasteiger partial charge in [0.15, 0.2) is 0 Å². The zero-order chi connectivity index (χ0) is 12.3. The fraction of sp³-hybridized carbons (Fsp3) is 0.364. The Bertz CT molecular complexity index is 512. The van der Waals surface area contributed by atoms with Gasteiger partial charge in [0.05, 0.1) is 12.8 Å². The molecule has 0 aromatic carbocycles. The fourth-order valence-electron chi connectivity index (χ4n) is 1.43. The molecule has 0 amide bonds. The van der Waals surface area contributed by atoms with Crippen molar-refractivity contribution in [1.82, 2.24) is 20.3 Å². The average molecular weight is 250 g/mol. The third kappa shape index (κ3) is 2.59. The lowest BCUT2D eigenvalue weighted by atomic mass is 10.4. The van der Waals surface area contributed by atoms with Gasteiger partial charge in [-0.25, -0.2) is 15.0 Å². The van der Waals surface area contributed by atoms with Crippen LogP contribution in [0.15, 0.2) is 12.4 Å². The SMILES string of the molecule is CNCc1sc(-c2cc(OC)ncn2)nc1C. The van der Waals surface area contributed by atoms with Crippen LogP contribution in [0.1, 0.15) is 10.6 Å². The lowest BCUT2D eigenvalue weighted by Crippen LogP contribution is -2.04. The Labute approximate surface area is 104 Å². The van der Waals surface area contributed by atoms with E-state index in [1.807, 2.05) is 14.0 Å². The number of aromatic nitrogens is 3. The highest BCUT2D eigenvalue weighted by Gasteiger charge is 2.10. The molecule has 2 heterocycles. The highest BCUT2D eigenvalue weighted by atomic mass is 32.1. The Morgan fingerprint density at radius 2 is 2.24 bits per heavy atom. The van der Waals surface area contributed by atoms with E-state index < -0.39 is 0 Å². The van der Waals surface area contributed by atoms with Gasteiger partial charge in [-0.1, -0.05) is 0 Å². The summed E-state index contributed by atoms with van der Waals surface area (Å²) in [6, 6.07) is 1.79. The molecule has 5 nitrogen and oxygen atoms in total. The Kier molecular flexibility index (Phi) is 3.65. The molecule has 0 bridgehead atoms. The van der Waals surface area contributed by atoms with Crippen LogP contribution in [0.4, 0.5) is 0 Å². The number of aryl methyl sites for hydroxylation is 1. The standard InChI is InChI=1S/C11H14N4OS/c1-7-9(5-12-2)17-11(15-7)8-4-10(16-3)14-6-13-8/h4,6,12H,5H2,1-3H3. The minimum atomic E-state index is 0.554. The van der Waals surface area contributed by atoms with Crippen molar-refractivity contribution < 1.29 is 4.74 Å². The van der Waals surface area contributed by atoms with Crippen molar-refractivity contribution in [2.24, 2.45) is 0 Å². The van der Waals surface area contributed by atoms with E-state index in [4.69, 9.17) is 4.74 Å². The van der Waals surface area contributed by atoms with E-state index >= 15 is 0 Å². The normalized spacial score (nSPS) is 10.5. The molecule has 0 saturated heterocycles. The van der Waals surface area contributed by atoms with E-state index in [9.17, 15) is 0 Å². The number of rotatable bonds is 4. The summed E-state index contributed by atoms with van der Waals surface area (Å²) in [6.45, 7) is 2.83. The first-order valence-corrected chi connectivity index (χ1v) is 6.03. The van der Waals surface area contributed by atoms with E-state index in [-0.39, 0.29) is 0 Å². The van der Waals surface area contributed by atoms with Crippen molar-refractivity contribution in [3.63, 3.8) is 0 Å². The first-order chi connectivity index (χ1) is 8.24. The molecule has 0 aliphatic carbocycles. The van der Waals surface area contributed by atoms with Crippen molar-refractivity contribution in [3.8, 4) is 16.6 Å². The van der Waals surface area contributed by atoms with E-state index in [0.717, 1.165) is 22.9 Å². The second-order valence-electron chi connectivity index (χ2n) is 3.50. The lowest BCUT2D eigenvalue weighted by Gasteiger charge is -1.98. The molecule has 1 N–H and O–H groups in total. The number of thiazole rings is 1. The summed E-state index contributed by atoms with van der Waals surface area (Å²) in [4.78, 5) is 13.9. The predicted molar refractivity (Wildman–Crippen MR) is 67.2 cm³/mol. The van der Waals surface area contributed by atoms with Gasteiger partial charge in [0.1, 0.15) is 17.0 Å². The largest absolute Gasteiger partial charge is 0.481 e. The first kappa shape index (κ1) is 11.9. The molecule has 2 aromatic heterocycles. The van der Waals surface area contributed by atoms with Gasteiger partial charge in [0.2, 0.25) is 5.88 Å². The summed E-state index contributed by atoms with van der Waals surface area (Å²) >= 11 is 1.64. The molecule has 6 heteroatoms. The van der Waals surface area contributed by atoms with Gasteiger partial charge in [-0.05, 0) is 14.0 Å². The zero-order valence-electron chi connectivity index (χ0n) is 10.0. The van der Waals surface area contributed by atoms with Crippen LogP contribution in [0.3, 0.4) is 0 Å². The predicted octanol–water partition coefficient (Wildman–Crippen LogP) is 1.64. The molecule has 0 saturated carbocycles. The maximum Gasteiger partial charge on any atom is 0.216 e. The molecule has 0 radical (unpaired) electrons. The molecule has 2 rings (SSSR count). The number of methoxy groups -OCH3 is 1. The van der Waals surface area contributed by atoms with Crippen LogP contribution in [0.2, 0.25) is 0 Å². The van der Waals surface area contributed by atoms with Crippen molar-refractivity contribution in [3.05, 3.63) is 23.0 Å². The van der Waals surface area contributed by atoms with E-state index in [1.165, 1.54) is 11.2 Å². The van der Waals surface area contributed by atoms with E-state index in [2.05, 4.69) is 20.3 Å². The zero-order valence-corrected chi connectivity index (χ0v) is 10.8. The van der Waals surface area contributed by atoms with Crippen LogP contribution in [0.25, 0.3) is 10.7 Å². The molecule has 0 spiro atoms. The van der Waals surface area contributed by atoms with Crippen LogP contribution in [0, 0.1) is 6.92 Å². The van der Waals surface area contributed by atoms with Gasteiger partial charge in [-0.15, -0.1) is 11.3 Å². The minimum absolute atomic E-state index is 0.554. The van der Waals surface area contributed by atoms with Gasteiger partial charge in [-0.3, -0.25) is 0 Å². The van der Waals surface area contributed by atoms with Crippen molar-refractivity contribution >= 4 is 11.3 Å². The second-order valence-corrected chi connectivity index (χ2v) is 4.59. The fourth-order valence-corrected chi connectivity index (χ4v) is 2.47. The number of nitrogens with one attached hydrogen (secondary N) is 1. The maximum atomic E-state index is 5.07. The Morgan fingerprint density at radius 3 is 2.94 bits per heavy atom. The summed E-state index contributed by atoms with van der Waals surface area (Å²) in [5.41, 5.74) is 1.84. The maximum absolute atomic E-state index is 5.07. The quantitative estimate of drug-likeness (QED) is 0.893. The number of ether oxygens (including phenoxy) is 1. The summed E-state index contributed by atoms with van der Waals surface area (Å²) in [5, 5.41) is 4.02. The highest BCUT2D eigenvalue weighted by molar-refractivity contribution is 7.15. The van der Waals surface area contributed by atoms with Crippen LogP contribution >= 0.6 is 11.3 Å². The topological polar surface area (TPSA) is 59.9 Å². The van der Waals surface area contributed by atoms with Gasteiger partial charge in [0, 0.05) is 17.5 Å². The van der Waals surface area contributed by atoms with Crippen molar-refractivity contribution in [1.29, 1.82) is 0 Å². The smallest absolute Gasteiger partial charge is 0.216 e. The number of hydrogen-bond donors (Lipinski definition) is 1. The summed E-state index contributed by atoms with van der Waals surface area (Å²) in [6.07, 6.45) is 1.49. The molecule has 17 heavy (non-hydrogen) atoms. The average Bonchev–Trinajstić information content (AvgIpc) is 2.72. The Morgan fingerprint density at radius 1 is 1.41 bits per heavy atom. The molecule has 0 atom stereocenters. The molecule has 2 aromatic rings. The van der Waals surface area contributed by atoms with Gasteiger partial charge >= 0.3 is 0 Å². The van der Waals surface area contributed by atoms with E-state index in [1.54, 1.807) is 24.5 Å². The molecule has 0 unspecified atom stereocenters. The molecular formula is C11H14N4OS. The van der Waals surface area contributed by atoms with Gasteiger partial charge < -0.3 is 10.1 Å². The van der Waals surface area contributed by atoms with Gasteiger partial charge in [-0.2, -0.15) is 0 Å². The van der Waals surface area contributed by atoms with E-state index in [0.29, 0.717) is 5.88 Å².